The average molecular weight is 384 g/mol. The lowest BCUT2D eigenvalue weighted by Crippen LogP contribution is -2.50. The summed E-state index contributed by atoms with van der Waals surface area (Å²) in [6, 6.07) is 10.3. The lowest BCUT2D eigenvalue weighted by molar-refractivity contribution is -0.127. The molecule has 0 bridgehead atoms. The predicted molar refractivity (Wildman–Crippen MR) is 114 cm³/mol. The van der Waals surface area contributed by atoms with Crippen LogP contribution in [0.2, 0.25) is 0 Å². The van der Waals surface area contributed by atoms with Gasteiger partial charge in [0.05, 0.1) is 5.92 Å². The van der Waals surface area contributed by atoms with Crippen molar-refractivity contribution in [1.29, 1.82) is 0 Å². The van der Waals surface area contributed by atoms with E-state index in [2.05, 4.69) is 53.2 Å². The van der Waals surface area contributed by atoms with Gasteiger partial charge in [0.15, 0.2) is 0 Å². The number of likely N-dealkylation sites (tertiary alicyclic amines) is 2. The first-order valence-corrected chi connectivity index (χ1v) is 11.4. The summed E-state index contributed by atoms with van der Waals surface area (Å²) in [4.78, 5) is 17.7. The Hall–Kier alpha value is -1.39. The van der Waals surface area contributed by atoms with Crippen LogP contribution >= 0.6 is 0 Å². The van der Waals surface area contributed by atoms with E-state index in [-0.39, 0.29) is 5.92 Å². The quantitative estimate of drug-likeness (QED) is 0.812. The molecule has 1 N–H and O–H groups in total. The minimum absolute atomic E-state index is 0.215. The molecule has 3 fully saturated rings. The molecule has 0 spiro atoms. The normalized spacial score (nSPS) is 25.2. The third-order valence-corrected chi connectivity index (χ3v) is 6.87. The van der Waals surface area contributed by atoms with Gasteiger partial charge < -0.3 is 5.32 Å². The van der Waals surface area contributed by atoms with Crippen LogP contribution in [0.25, 0.3) is 0 Å². The minimum Gasteiger partial charge on any atom is -0.353 e. The maximum Gasteiger partial charge on any atom is 0.224 e. The van der Waals surface area contributed by atoms with Gasteiger partial charge in [-0.1, -0.05) is 38.1 Å². The van der Waals surface area contributed by atoms with Crippen molar-refractivity contribution in [3.05, 3.63) is 35.4 Å². The second-order valence-corrected chi connectivity index (χ2v) is 9.52. The monoisotopic (exact) mass is 383 g/mol. The van der Waals surface area contributed by atoms with Crippen LogP contribution < -0.4 is 5.32 Å². The number of hydrogen-bond acceptors (Lipinski definition) is 3. The van der Waals surface area contributed by atoms with E-state index in [0.717, 1.165) is 19.5 Å². The molecule has 2 aliphatic heterocycles. The Labute approximate surface area is 170 Å². The molecule has 2 saturated heterocycles. The van der Waals surface area contributed by atoms with Crippen LogP contribution in [0.3, 0.4) is 0 Å². The number of rotatable bonds is 6. The number of carbonyl (C=O) groups is 1. The van der Waals surface area contributed by atoms with Crippen LogP contribution in [0.4, 0.5) is 0 Å². The van der Waals surface area contributed by atoms with E-state index in [1.54, 1.807) is 0 Å². The summed E-state index contributed by atoms with van der Waals surface area (Å²) in [5.74, 6) is 1.13. The first-order valence-electron chi connectivity index (χ1n) is 11.4. The summed E-state index contributed by atoms with van der Waals surface area (Å²) in [6.07, 6.45) is 7.08. The van der Waals surface area contributed by atoms with Crippen LogP contribution in [0.1, 0.15) is 69.4 Å². The molecule has 1 aromatic rings. The third-order valence-electron chi connectivity index (χ3n) is 6.87. The molecule has 1 aromatic carbocycles. The number of benzene rings is 1. The summed E-state index contributed by atoms with van der Waals surface area (Å²) in [5, 5.41) is 3.22. The molecule has 28 heavy (non-hydrogen) atoms. The first-order chi connectivity index (χ1) is 13.6. The fourth-order valence-electron chi connectivity index (χ4n) is 4.81. The van der Waals surface area contributed by atoms with E-state index in [9.17, 15) is 4.79 Å². The highest BCUT2D eigenvalue weighted by Crippen LogP contribution is 2.26. The summed E-state index contributed by atoms with van der Waals surface area (Å²) < 4.78 is 0. The van der Waals surface area contributed by atoms with Crippen molar-refractivity contribution in [1.82, 2.24) is 15.1 Å². The molecular formula is C24H37N3O. The van der Waals surface area contributed by atoms with E-state index < -0.39 is 0 Å². The van der Waals surface area contributed by atoms with Gasteiger partial charge in [0, 0.05) is 25.2 Å². The van der Waals surface area contributed by atoms with Gasteiger partial charge >= 0.3 is 0 Å². The number of amides is 1. The maximum absolute atomic E-state index is 12.5. The highest BCUT2D eigenvalue weighted by Gasteiger charge is 2.33. The Kier molecular flexibility index (Phi) is 6.37. The fourth-order valence-corrected chi connectivity index (χ4v) is 4.81. The van der Waals surface area contributed by atoms with E-state index in [1.165, 1.54) is 62.9 Å². The second kappa shape index (κ2) is 8.96. The van der Waals surface area contributed by atoms with Crippen LogP contribution in [0.5, 0.6) is 0 Å². The molecule has 4 rings (SSSR count). The predicted octanol–water partition coefficient (Wildman–Crippen LogP) is 3.77. The van der Waals surface area contributed by atoms with Crippen molar-refractivity contribution in [3.63, 3.8) is 0 Å². The molecule has 3 aliphatic rings. The van der Waals surface area contributed by atoms with Gasteiger partial charge in [-0.3, -0.25) is 14.6 Å². The van der Waals surface area contributed by atoms with Crippen molar-refractivity contribution >= 4 is 5.91 Å². The number of nitrogens with one attached hydrogen (secondary N) is 1. The minimum atomic E-state index is 0.215. The molecular weight excluding hydrogens is 346 g/mol. The number of piperidine rings is 2. The molecule has 1 unspecified atom stereocenters. The molecule has 2 heterocycles. The van der Waals surface area contributed by atoms with E-state index >= 15 is 0 Å². The van der Waals surface area contributed by atoms with Crippen molar-refractivity contribution in [2.45, 2.75) is 76.9 Å². The van der Waals surface area contributed by atoms with Gasteiger partial charge in [-0.15, -0.1) is 0 Å². The largest absolute Gasteiger partial charge is 0.353 e. The lowest BCUT2D eigenvalue weighted by Gasteiger charge is -2.42. The lowest BCUT2D eigenvalue weighted by atomic mass is 9.93. The topological polar surface area (TPSA) is 35.6 Å². The average Bonchev–Trinajstić information content (AvgIpc) is 3.53. The van der Waals surface area contributed by atoms with Crippen molar-refractivity contribution in [3.8, 4) is 0 Å². The molecule has 1 saturated carbocycles. The van der Waals surface area contributed by atoms with E-state index in [1.807, 2.05) is 0 Å². The SMILES string of the molecule is CC(C)c1ccc(CN2CCC(N3CCCC(C(=O)NC4CC4)C3)CC2)cc1. The molecule has 0 aromatic heterocycles. The van der Waals surface area contributed by atoms with Crippen LogP contribution in [-0.4, -0.2) is 54.0 Å². The van der Waals surface area contributed by atoms with Crippen molar-refractivity contribution in [2.24, 2.45) is 5.92 Å². The highest BCUT2D eigenvalue weighted by atomic mass is 16.2. The molecule has 1 atom stereocenters. The van der Waals surface area contributed by atoms with E-state index in [0.29, 0.717) is 23.9 Å². The van der Waals surface area contributed by atoms with E-state index in [4.69, 9.17) is 0 Å². The zero-order chi connectivity index (χ0) is 19.5. The maximum atomic E-state index is 12.5. The molecule has 1 aliphatic carbocycles. The fraction of sp³-hybridized carbons (Fsp3) is 0.708. The molecule has 154 valence electrons. The Bertz CT molecular complexity index is 644. The Morgan fingerprint density at radius 1 is 1.04 bits per heavy atom. The van der Waals surface area contributed by atoms with Crippen LogP contribution in [0, 0.1) is 5.92 Å². The summed E-state index contributed by atoms with van der Waals surface area (Å²) in [5.41, 5.74) is 2.85. The molecule has 1 amide bonds. The van der Waals surface area contributed by atoms with Crippen LogP contribution in [-0.2, 0) is 11.3 Å². The van der Waals surface area contributed by atoms with Gasteiger partial charge in [0.25, 0.3) is 0 Å². The standard InChI is InChI=1S/C24H37N3O/c1-18(2)20-7-5-19(6-8-20)16-26-14-11-23(12-15-26)27-13-3-4-21(17-27)24(28)25-22-9-10-22/h5-8,18,21-23H,3-4,9-17H2,1-2H3,(H,25,28). The van der Waals surface area contributed by atoms with Gasteiger partial charge in [0.1, 0.15) is 0 Å². The van der Waals surface area contributed by atoms with Crippen molar-refractivity contribution < 1.29 is 4.79 Å². The zero-order valence-corrected chi connectivity index (χ0v) is 17.7. The second-order valence-electron chi connectivity index (χ2n) is 9.52. The highest BCUT2D eigenvalue weighted by molar-refractivity contribution is 5.79. The zero-order valence-electron chi connectivity index (χ0n) is 17.7. The molecule has 4 heteroatoms. The van der Waals surface area contributed by atoms with Crippen LogP contribution in [0.15, 0.2) is 24.3 Å². The number of nitrogens with zero attached hydrogens (tertiary/aromatic N) is 2. The van der Waals surface area contributed by atoms with Gasteiger partial charge in [0.2, 0.25) is 5.91 Å². The Balaban J connectivity index is 1.23. The summed E-state index contributed by atoms with van der Waals surface area (Å²) in [7, 11) is 0. The summed E-state index contributed by atoms with van der Waals surface area (Å²) >= 11 is 0. The van der Waals surface area contributed by atoms with Gasteiger partial charge in [-0.05, 0) is 75.2 Å². The van der Waals surface area contributed by atoms with Gasteiger partial charge in [-0.2, -0.15) is 0 Å². The third kappa shape index (κ3) is 5.15. The Morgan fingerprint density at radius 3 is 2.39 bits per heavy atom. The number of carbonyl (C=O) groups excluding carboxylic acids is 1. The summed E-state index contributed by atoms with van der Waals surface area (Å²) in [6.45, 7) is 10.1. The van der Waals surface area contributed by atoms with Crippen molar-refractivity contribution in [2.75, 3.05) is 26.2 Å². The number of hydrogen-bond donors (Lipinski definition) is 1. The smallest absolute Gasteiger partial charge is 0.224 e. The molecule has 4 nitrogen and oxygen atoms in total. The Morgan fingerprint density at radius 2 is 1.75 bits per heavy atom. The molecule has 0 radical (unpaired) electrons. The first kappa shape index (κ1) is 19.9. The van der Waals surface area contributed by atoms with Gasteiger partial charge in [-0.25, -0.2) is 0 Å².